The summed E-state index contributed by atoms with van der Waals surface area (Å²) < 4.78 is 31.4. The number of alkyl halides is 1. The van der Waals surface area contributed by atoms with E-state index in [-0.39, 0.29) is 0 Å². The van der Waals surface area contributed by atoms with Gasteiger partial charge in [0, 0.05) is 126 Å². The topological polar surface area (TPSA) is 68.6 Å². The quantitative estimate of drug-likeness (QED) is 0.105. The van der Waals surface area contributed by atoms with Gasteiger partial charge in [-0.2, -0.15) is 0 Å². The molecule has 12 heteroatoms. The maximum absolute atomic E-state index is 9.96. The second-order valence-electron chi connectivity index (χ2n) is 32.1. The van der Waals surface area contributed by atoms with Crippen molar-refractivity contribution in [1.82, 2.24) is 32.8 Å². The predicted octanol–water partition coefficient (Wildman–Crippen LogP) is 31.9. The van der Waals surface area contributed by atoms with Crippen LogP contribution < -0.4 is 0 Å². The summed E-state index contributed by atoms with van der Waals surface area (Å²) in [7, 11) is 3.34. The van der Waals surface area contributed by atoms with E-state index >= 15 is 0 Å². The number of aromatic amines is 2. The van der Waals surface area contributed by atoms with Crippen LogP contribution in [0.3, 0.4) is 0 Å². The van der Waals surface area contributed by atoms with Crippen LogP contribution in [0.5, 0.6) is 0 Å². The summed E-state index contributed by atoms with van der Waals surface area (Å²) in [6.45, 7) is 0. The van der Waals surface area contributed by atoms with Crippen LogP contribution in [0.2, 0.25) is 0 Å². The Kier molecular flexibility index (Phi) is 20.2. The van der Waals surface area contributed by atoms with Crippen LogP contribution in [0, 0.1) is 0 Å². The Hall–Kier alpha value is -15.6. The molecule has 7 aromatic heterocycles. The predicted molar refractivity (Wildman–Crippen MR) is 547 cm³/mol. The third kappa shape index (κ3) is 13.3. The maximum Gasteiger partial charge on any atom is 0.0788 e. The molecule has 0 spiro atoms. The normalized spacial score (nSPS) is 11.7. The molecule has 1 radical (unpaired) electrons. The molecule has 607 valence electrons. The molecule has 1 aliphatic rings. The summed E-state index contributed by atoms with van der Waals surface area (Å²) >= 11 is 7.20. The average Bonchev–Trinajstić information content (AvgIpc) is 1.54. The number of para-hydroxylation sites is 10. The number of rotatable bonds is 7. The number of benzene rings is 19. The number of thiol groups is 1. The molecule has 1 aliphatic carbocycles. The fourth-order valence-electron chi connectivity index (χ4n) is 19.9. The Morgan fingerprint density at radius 3 is 1.08 bits per heavy atom. The molecule has 0 saturated carbocycles. The first-order chi connectivity index (χ1) is 63.8. The molecule has 19 aromatic carbocycles. The number of hydrogen-bond donors (Lipinski definition) is 3. The maximum atomic E-state index is 9.96. The summed E-state index contributed by atoms with van der Waals surface area (Å²) in [5.74, 6) is 0. The minimum absolute atomic E-state index is 1.00. The van der Waals surface area contributed by atoms with Gasteiger partial charge in [0.1, 0.15) is 0 Å². The van der Waals surface area contributed by atoms with Crippen molar-refractivity contribution in [2.75, 3.05) is 7.15 Å². The monoisotopic (exact) mass is 1730 g/mol. The van der Waals surface area contributed by atoms with E-state index in [0.29, 0.717) is 0 Å². The minimum Gasteiger partial charge on any atom is -0.354 e. The van der Waals surface area contributed by atoms with Crippen molar-refractivity contribution in [3.8, 4) is 61.8 Å². The molecule has 0 amide bonds. The number of H-pyrrole nitrogens is 2. The molecule has 0 atom stereocenters. The smallest absolute Gasteiger partial charge is 0.0788 e. The molecule has 26 aromatic rings. The number of nitrogens with zero attached hydrogens (tertiary/aromatic N) is 6. The Bertz CT molecular complexity index is 8780. The van der Waals surface area contributed by atoms with Gasteiger partial charge in [0.25, 0.3) is 0 Å². The molecule has 2 N–H and O–H groups in total. The van der Waals surface area contributed by atoms with E-state index in [1.165, 1.54) is 209 Å². The van der Waals surface area contributed by atoms with Crippen LogP contribution in [0.15, 0.2) is 446 Å². The molecular formula is C116H80BBrFN8S. The summed E-state index contributed by atoms with van der Waals surface area (Å²) in [5, 5.41) is 17.8. The van der Waals surface area contributed by atoms with Crippen LogP contribution in [-0.2, 0) is 6.42 Å². The Balaban J connectivity index is 0.000000102. The first-order valence-electron chi connectivity index (χ1n) is 43.6. The third-order valence-electron chi connectivity index (χ3n) is 25.2. The first kappa shape index (κ1) is 77.2. The van der Waals surface area contributed by atoms with E-state index in [2.05, 4.69) is 510 Å². The Morgan fingerprint density at radius 1 is 0.289 bits per heavy atom. The van der Waals surface area contributed by atoms with Crippen molar-refractivity contribution in [3.63, 3.8) is 0 Å². The molecule has 0 bridgehead atoms. The van der Waals surface area contributed by atoms with Gasteiger partial charge < -0.3 is 32.8 Å². The summed E-state index contributed by atoms with van der Waals surface area (Å²) in [4.78, 5) is 7.28. The molecule has 128 heavy (non-hydrogen) atoms. The molecular weight excluding hydrogens is 1650 g/mol. The molecule has 0 saturated heterocycles. The van der Waals surface area contributed by atoms with E-state index < -0.39 is 7.15 Å². The number of halogens is 2. The van der Waals surface area contributed by atoms with Gasteiger partial charge in [-0.1, -0.05) is 344 Å². The van der Waals surface area contributed by atoms with Gasteiger partial charge in [-0.25, -0.2) is 0 Å². The SMILES string of the molecule is Brc1cc2c3ccccc3n(-c3ccccc3)c2c2c1c1ccccc1n2-c1cccc(-c2ccccc2)c1.[2H]CF.[B]=NS.c1ccc(-c2cccc(-n3c4ccccc4c4ccc5c6ccccc6n(-c6ccccc6)c5c43)c2)cc1.c1ccc(-n2c3ccccc3c3ccc4c5ccccc5[nH]c4c32)cc1.c1ccc2c(c1)Cc1c-2ccc2c1[nH]c1ccccc12. The first-order valence-corrected chi connectivity index (χ1v) is 44.0. The number of aromatic nitrogens is 7. The Morgan fingerprint density at radius 2 is 0.602 bits per heavy atom. The van der Waals surface area contributed by atoms with Gasteiger partial charge in [0.05, 0.1) is 74.7 Å². The van der Waals surface area contributed by atoms with Gasteiger partial charge >= 0.3 is 24.8 Å². The van der Waals surface area contributed by atoms with Crippen molar-refractivity contribution < 1.29 is 5.76 Å². The van der Waals surface area contributed by atoms with Gasteiger partial charge in [-0.3, -0.25) is 4.39 Å². The van der Waals surface area contributed by atoms with Crippen LogP contribution >= 0.6 is 28.7 Å². The summed E-state index contributed by atoms with van der Waals surface area (Å²) in [5.41, 5.74) is 33.4. The van der Waals surface area contributed by atoms with Crippen molar-refractivity contribution in [2.45, 2.75) is 6.42 Å². The zero-order valence-electron chi connectivity index (χ0n) is 70.4. The van der Waals surface area contributed by atoms with Gasteiger partial charge in [-0.15, -0.1) is 0 Å². The molecule has 8 nitrogen and oxygen atoms in total. The zero-order valence-corrected chi connectivity index (χ0v) is 71.9. The molecule has 27 rings (SSSR count). The molecule has 0 fully saturated rings. The van der Waals surface area contributed by atoms with Crippen LogP contribution in [0.4, 0.5) is 4.39 Å². The molecule has 7 heterocycles. The molecule has 0 aliphatic heterocycles. The van der Waals surface area contributed by atoms with Crippen LogP contribution in [-0.4, -0.2) is 47.6 Å². The zero-order chi connectivity index (χ0) is 86.6. The van der Waals surface area contributed by atoms with E-state index in [9.17, 15) is 4.39 Å². The second-order valence-corrected chi connectivity index (χ2v) is 33.2. The van der Waals surface area contributed by atoms with E-state index in [4.69, 9.17) is 1.37 Å². The number of fused-ring (bicyclic) bond motifs is 28. The van der Waals surface area contributed by atoms with Crippen LogP contribution in [0.1, 0.15) is 12.5 Å². The largest absolute Gasteiger partial charge is 0.354 e. The van der Waals surface area contributed by atoms with Crippen molar-refractivity contribution in [1.29, 1.82) is 0 Å². The van der Waals surface area contributed by atoms with Crippen LogP contribution in [0.25, 0.3) is 214 Å². The third-order valence-corrected chi connectivity index (χ3v) is 25.9. The Labute approximate surface area is 754 Å². The van der Waals surface area contributed by atoms with Crippen molar-refractivity contribution >= 4 is 189 Å². The average molecular weight is 1730 g/mol. The van der Waals surface area contributed by atoms with E-state index in [1.807, 2.05) is 0 Å². The molecule has 0 unspecified atom stereocenters. The van der Waals surface area contributed by atoms with E-state index in [1.54, 1.807) is 0 Å². The van der Waals surface area contributed by atoms with Gasteiger partial charge in [0.15, 0.2) is 0 Å². The second kappa shape index (κ2) is 33.5. The minimum atomic E-state index is -1.00. The fourth-order valence-corrected chi connectivity index (χ4v) is 20.6. The summed E-state index contributed by atoms with van der Waals surface area (Å²) in [6.07, 6.45) is 1.04. The number of nitrogens with one attached hydrogen (secondary N) is 2. The standard InChI is InChI=1S/C36H23BrN2.C36H24N2.C24H16N2.C19H13N.CH3F.BHNS/c37-31-23-30-28-18-7-9-20-32(28)38(26-15-5-2-6-16-26)35(30)36-34(31)29-19-8-10-21-33(29)39(36)27-17-11-14-25(22-27)24-12-3-1-4-13-24;1-3-12-25(13-4-1)26-14-11-17-28(24-26)38-34-21-10-8-19-30(34)32-23-22-31-29-18-7-9-20-33(29)37(35(31)36(32)38)27-15-5-2-6-16-27;1-2-8-16(9-3-1)26-22-13-7-5-11-18(22)20-15-14-19-17-10-4-6-12-21(17)25-23(19)24(20)26;1-2-6-13-12(5-1)11-17-14(13)9-10-16-15-7-3-4-8-18(15)20-19(16)17;1-2;1-2-3/h1-23H;1-24H;1-15,25H;1-10,20H,11H2;1H3;3H/i;;;;1D;. The van der Waals surface area contributed by atoms with Gasteiger partial charge in [-0.05, 0) is 154 Å². The number of hydrogen-bond acceptors (Lipinski definition) is 2. The van der Waals surface area contributed by atoms with Gasteiger partial charge in [0.2, 0.25) is 0 Å². The van der Waals surface area contributed by atoms with Crippen molar-refractivity contribution in [2.24, 2.45) is 4.30 Å². The fraction of sp³-hybridized carbons (Fsp3) is 0.0172. The van der Waals surface area contributed by atoms with Crippen molar-refractivity contribution in [3.05, 3.63) is 452 Å². The summed E-state index contributed by atoms with van der Waals surface area (Å²) in [6, 6.07) is 157. The van der Waals surface area contributed by atoms with E-state index in [0.717, 1.165) is 28.0 Å².